The maximum atomic E-state index is 13.1. The summed E-state index contributed by atoms with van der Waals surface area (Å²) in [5.41, 5.74) is 1.02. The number of carbonyl (C=O) groups is 3. The lowest BCUT2D eigenvalue weighted by Crippen LogP contribution is -2.41. The van der Waals surface area contributed by atoms with Gasteiger partial charge in [0.1, 0.15) is 12.6 Å². The van der Waals surface area contributed by atoms with Crippen LogP contribution in [0.3, 0.4) is 0 Å². The summed E-state index contributed by atoms with van der Waals surface area (Å²) in [7, 11) is 1.24. The summed E-state index contributed by atoms with van der Waals surface area (Å²) >= 11 is 17.2. The molecule has 3 rings (SSSR count). The van der Waals surface area contributed by atoms with Gasteiger partial charge in [0.05, 0.1) is 19.2 Å². The fraction of sp³-hybridized carbons (Fsp3) is 0.200. The van der Waals surface area contributed by atoms with Crippen LogP contribution in [0.2, 0.25) is 10.0 Å². The molecular weight excluding hydrogens is 449 g/mol. The lowest BCUT2D eigenvalue weighted by molar-refractivity contribution is -0.141. The van der Waals surface area contributed by atoms with Gasteiger partial charge in [-0.3, -0.25) is 19.3 Å². The lowest BCUT2D eigenvalue weighted by Gasteiger charge is -2.22. The number of nitrogens with one attached hydrogen (secondary N) is 1. The average Bonchev–Trinajstić information content (AvgIpc) is 2.94. The van der Waals surface area contributed by atoms with Crippen LogP contribution in [-0.2, 0) is 19.1 Å². The van der Waals surface area contributed by atoms with Crippen molar-refractivity contribution in [3.63, 3.8) is 0 Å². The van der Waals surface area contributed by atoms with E-state index < -0.39 is 23.8 Å². The maximum Gasteiger partial charge on any atom is 0.325 e. The highest BCUT2D eigenvalue weighted by Crippen LogP contribution is 2.28. The van der Waals surface area contributed by atoms with Crippen molar-refractivity contribution in [2.24, 2.45) is 0 Å². The van der Waals surface area contributed by atoms with E-state index in [1.54, 1.807) is 48.5 Å². The normalized spacial score (nSPS) is 16.0. The number of nitrogens with zero attached hydrogens (tertiary/aromatic N) is 2. The van der Waals surface area contributed by atoms with Gasteiger partial charge >= 0.3 is 5.97 Å². The monoisotopic (exact) mass is 465 g/mol. The number of hydrogen-bond donors (Lipinski definition) is 1. The number of halogens is 2. The molecule has 1 heterocycles. The van der Waals surface area contributed by atoms with Crippen molar-refractivity contribution in [3.8, 4) is 0 Å². The summed E-state index contributed by atoms with van der Waals surface area (Å²) in [5, 5.41) is 3.85. The number of hydrogen-bond acceptors (Lipinski definition) is 5. The van der Waals surface area contributed by atoms with Crippen LogP contribution in [0.25, 0.3) is 0 Å². The Hall–Kier alpha value is -2.68. The summed E-state index contributed by atoms with van der Waals surface area (Å²) in [6, 6.07) is 12.1. The van der Waals surface area contributed by atoms with Crippen LogP contribution in [0.5, 0.6) is 0 Å². The first kappa shape index (κ1) is 22.0. The second-order valence-electron chi connectivity index (χ2n) is 6.41. The minimum Gasteiger partial charge on any atom is -0.468 e. The highest BCUT2D eigenvalue weighted by Gasteiger charge is 2.45. The smallest absolute Gasteiger partial charge is 0.325 e. The molecule has 0 spiro atoms. The van der Waals surface area contributed by atoms with Gasteiger partial charge in [-0.1, -0.05) is 23.2 Å². The van der Waals surface area contributed by atoms with E-state index in [2.05, 4.69) is 5.32 Å². The van der Waals surface area contributed by atoms with Crippen LogP contribution < -0.4 is 10.2 Å². The number of rotatable bonds is 6. The molecule has 0 unspecified atom stereocenters. The van der Waals surface area contributed by atoms with E-state index in [0.29, 0.717) is 21.4 Å². The molecule has 1 aliphatic rings. The van der Waals surface area contributed by atoms with E-state index >= 15 is 0 Å². The highest BCUT2D eigenvalue weighted by atomic mass is 35.5. The standard InChI is InChI=1S/C20H17Cl2N3O4S/c1-29-18(27)11-24-16(10-17(26)23-14-6-2-12(21)3-7-14)19(28)25(20(24)30)15-8-4-13(22)5-9-15/h2-9,16H,10-11H2,1H3,(H,23,26)/t16-/m1/s1. The van der Waals surface area contributed by atoms with Gasteiger partial charge in [0, 0.05) is 15.7 Å². The van der Waals surface area contributed by atoms with Gasteiger partial charge in [-0.15, -0.1) is 0 Å². The number of ether oxygens (including phenoxy) is 1. The van der Waals surface area contributed by atoms with Gasteiger partial charge in [0.2, 0.25) is 5.91 Å². The van der Waals surface area contributed by atoms with Gasteiger partial charge in [-0.05, 0) is 60.7 Å². The van der Waals surface area contributed by atoms with E-state index in [1.165, 1.54) is 16.9 Å². The molecule has 0 bridgehead atoms. The molecule has 2 aromatic carbocycles. The van der Waals surface area contributed by atoms with Gasteiger partial charge in [0.25, 0.3) is 5.91 Å². The van der Waals surface area contributed by atoms with E-state index in [4.69, 9.17) is 40.2 Å². The topological polar surface area (TPSA) is 79.0 Å². The first-order valence-corrected chi connectivity index (χ1v) is 9.99. The lowest BCUT2D eigenvalue weighted by atomic mass is 10.1. The molecule has 0 radical (unpaired) electrons. The van der Waals surface area contributed by atoms with E-state index in [-0.39, 0.29) is 18.1 Å². The Bertz CT molecular complexity index is 983. The largest absolute Gasteiger partial charge is 0.468 e. The van der Waals surface area contributed by atoms with E-state index in [9.17, 15) is 14.4 Å². The van der Waals surface area contributed by atoms with Crippen LogP contribution in [0.15, 0.2) is 48.5 Å². The molecule has 10 heteroatoms. The van der Waals surface area contributed by atoms with Crippen molar-refractivity contribution in [1.29, 1.82) is 0 Å². The molecule has 1 atom stereocenters. The minimum atomic E-state index is -0.959. The van der Waals surface area contributed by atoms with Crippen molar-refractivity contribution in [3.05, 3.63) is 58.6 Å². The average molecular weight is 466 g/mol. The third kappa shape index (κ3) is 4.89. The molecule has 0 aromatic heterocycles. The van der Waals surface area contributed by atoms with Gasteiger partial charge < -0.3 is 15.0 Å². The Morgan fingerprint density at radius 1 is 1.07 bits per heavy atom. The first-order valence-electron chi connectivity index (χ1n) is 8.82. The predicted octanol–water partition coefficient (Wildman–Crippen LogP) is 3.50. The molecule has 1 saturated heterocycles. The number of anilines is 2. The molecule has 1 aliphatic heterocycles. The number of esters is 1. The van der Waals surface area contributed by atoms with E-state index in [1.807, 2.05) is 0 Å². The Balaban J connectivity index is 1.83. The number of thiocarbonyl (C=S) groups is 1. The van der Waals surface area contributed by atoms with Gasteiger partial charge in [0.15, 0.2) is 5.11 Å². The fourth-order valence-corrected chi connectivity index (χ4v) is 3.61. The third-order valence-corrected chi connectivity index (χ3v) is 5.36. The predicted molar refractivity (Wildman–Crippen MR) is 119 cm³/mol. The molecule has 1 N–H and O–H groups in total. The van der Waals surface area contributed by atoms with Gasteiger partial charge in [-0.2, -0.15) is 0 Å². The van der Waals surface area contributed by atoms with Crippen molar-refractivity contribution in [2.75, 3.05) is 23.9 Å². The van der Waals surface area contributed by atoms with E-state index in [0.717, 1.165) is 0 Å². The maximum absolute atomic E-state index is 13.1. The van der Waals surface area contributed by atoms with Crippen LogP contribution >= 0.6 is 35.4 Å². The minimum absolute atomic E-state index is 0.108. The Kier molecular flexibility index (Phi) is 6.91. The molecule has 30 heavy (non-hydrogen) atoms. The van der Waals surface area contributed by atoms with Crippen LogP contribution in [0, 0.1) is 0 Å². The fourth-order valence-electron chi connectivity index (χ4n) is 2.97. The zero-order valence-electron chi connectivity index (χ0n) is 15.8. The van der Waals surface area contributed by atoms with Crippen LogP contribution in [0.4, 0.5) is 11.4 Å². The highest BCUT2D eigenvalue weighted by molar-refractivity contribution is 7.80. The first-order chi connectivity index (χ1) is 14.3. The third-order valence-electron chi connectivity index (χ3n) is 4.44. The van der Waals surface area contributed by atoms with Crippen LogP contribution in [-0.4, -0.2) is 47.5 Å². The summed E-state index contributed by atoms with van der Waals surface area (Å²) in [5.74, 6) is -1.41. The summed E-state index contributed by atoms with van der Waals surface area (Å²) < 4.78 is 4.71. The summed E-state index contributed by atoms with van der Waals surface area (Å²) in [6.45, 7) is -0.260. The molecule has 2 aromatic rings. The molecule has 1 fully saturated rings. The molecule has 0 saturated carbocycles. The Morgan fingerprint density at radius 2 is 1.63 bits per heavy atom. The molecule has 156 valence electrons. The van der Waals surface area contributed by atoms with Crippen molar-refractivity contribution < 1.29 is 19.1 Å². The molecule has 2 amide bonds. The summed E-state index contributed by atoms with van der Waals surface area (Å²) in [4.78, 5) is 40.3. The Morgan fingerprint density at radius 3 is 2.20 bits per heavy atom. The second kappa shape index (κ2) is 9.42. The SMILES string of the molecule is COC(=O)CN1C(=S)N(c2ccc(Cl)cc2)C(=O)[C@H]1CC(=O)Nc1ccc(Cl)cc1. The van der Waals surface area contributed by atoms with Crippen LogP contribution in [0.1, 0.15) is 6.42 Å². The number of amides is 2. The van der Waals surface area contributed by atoms with Crippen molar-refractivity contribution in [2.45, 2.75) is 12.5 Å². The number of benzene rings is 2. The summed E-state index contributed by atoms with van der Waals surface area (Å²) in [6.07, 6.45) is -0.206. The quantitative estimate of drug-likeness (QED) is 0.519. The van der Waals surface area contributed by atoms with Gasteiger partial charge in [-0.25, -0.2) is 0 Å². The molecule has 0 aliphatic carbocycles. The second-order valence-corrected chi connectivity index (χ2v) is 7.65. The van der Waals surface area contributed by atoms with Crippen molar-refractivity contribution >= 4 is 69.7 Å². The Labute approximate surface area is 188 Å². The van der Waals surface area contributed by atoms with Crippen molar-refractivity contribution in [1.82, 2.24) is 4.90 Å². The zero-order valence-corrected chi connectivity index (χ0v) is 18.1. The number of methoxy groups -OCH3 is 1. The molecule has 7 nitrogen and oxygen atoms in total. The zero-order chi connectivity index (χ0) is 21.8. The molecular formula is C20H17Cl2N3O4S. The number of carbonyl (C=O) groups excluding carboxylic acids is 3.